The Bertz CT molecular complexity index is 536. The summed E-state index contributed by atoms with van der Waals surface area (Å²) in [5.74, 6) is 1.46. The Morgan fingerprint density at radius 1 is 1.35 bits per heavy atom. The first kappa shape index (κ1) is 16.8. The van der Waals surface area contributed by atoms with Gasteiger partial charge in [0.1, 0.15) is 12.3 Å². The summed E-state index contributed by atoms with van der Waals surface area (Å²) in [5.41, 5.74) is 1.08. The van der Waals surface area contributed by atoms with Gasteiger partial charge in [-0.25, -0.2) is 0 Å². The minimum atomic E-state index is -0.350. The SMILES string of the molecule is CSCC[C@H]1OC[C@H](C(C)C)N1C(=O)[C@H]1O[C@@H]1c1ccccc1. The number of rotatable bonds is 6. The molecule has 23 heavy (non-hydrogen) atoms. The van der Waals surface area contributed by atoms with Crippen molar-refractivity contribution in [3.63, 3.8) is 0 Å². The summed E-state index contributed by atoms with van der Waals surface area (Å²) in [6, 6.07) is 10.1. The van der Waals surface area contributed by atoms with Crippen molar-refractivity contribution in [1.29, 1.82) is 0 Å². The van der Waals surface area contributed by atoms with Gasteiger partial charge in [-0.05, 0) is 23.5 Å². The van der Waals surface area contributed by atoms with E-state index < -0.39 is 0 Å². The van der Waals surface area contributed by atoms with E-state index in [9.17, 15) is 4.79 Å². The van der Waals surface area contributed by atoms with Crippen LogP contribution in [0.4, 0.5) is 0 Å². The minimum absolute atomic E-state index is 0.0844. The lowest BCUT2D eigenvalue weighted by atomic mass is 10.0. The van der Waals surface area contributed by atoms with Crippen LogP contribution in [0.1, 0.15) is 31.9 Å². The van der Waals surface area contributed by atoms with Crippen molar-refractivity contribution < 1.29 is 14.3 Å². The van der Waals surface area contributed by atoms with Crippen LogP contribution in [0.5, 0.6) is 0 Å². The second kappa shape index (κ2) is 7.24. The van der Waals surface area contributed by atoms with Gasteiger partial charge in [0.05, 0.1) is 12.6 Å². The van der Waals surface area contributed by atoms with Gasteiger partial charge >= 0.3 is 0 Å². The van der Waals surface area contributed by atoms with E-state index in [2.05, 4.69) is 20.1 Å². The number of carbonyl (C=O) groups is 1. The first-order valence-corrected chi connectivity index (χ1v) is 9.66. The zero-order valence-corrected chi connectivity index (χ0v) is 14.8. The second-order valence-electron chi connectivity index (χ2n) is 6.51. The first-order chi connectivity index (χ1) is 11.1. The van der Waals surface area contributed by atoms with Crippen molar-refractivity contribution in [3.05, 3.63) is 35.9 Å². The maximum absolute atomic E-state index is 13.0. The van der Waals surface area contributed by atoms with Crippen molar-refractivity contribution in [2.24, 2.45) is 5.92 Å². The maximum Gasteiger partial charge on any atom is 0.257 e. The van der Waals surface area contributed by atoms with E-state index in [-0.39, 0.29) is 30.4 Å². The molecule has 126 valence electrons. The quantitative estimate of drug-likeness (QED) is 0.749. The second-order valence-corrected chi connectivity index (χ2v) is 7.50. The molecule has 0 unspecified atom stereocenters. The molecule has 0 aliphatic carbocycles. The summed E-state index contributed by atoms with van der Waals surface area (Å²) in [7, 11) is 0. The number of amides is 1. The van der Waals surface area contributed by atoms with Crippen LogP contribution in [0, 0.1) is 5.92 Å². The lowest BCUT2D eigenvalue weighted by Crippen LogP contribution is -2.46. The van der Waals surface area contributed by atoms with Crippen molar-refractivity contribution in [1.82, 2.24) is 4.90 Å². The van der Waals surface area contributed by atoms with E-state index in [1.807, 2.05) is 35.2 Å². The third kappa shape index (κ3) is 3.57. The van der Waals surface area contributed by atoms with Crippen LogP contribution >= 0.6 is 11.8 Å². The molecular formula is C18H25NO3S. The highest BCUT2D eigenvalue weighted by Crippen LogP contribution is 2.41. The van der Waals surface area contributed by atoms with Crippen molar-refractivity contribution >= 4 is 17.7 Å². The average molecular weight is 335 g/mol. The third-order valence-electron chi connectivity index (χ3n) is 4.58. The highest BCUT2D eigenvalue weighted by atomic mass is 32.2. The van der Waals surface area contributed by atoms with E-state index in [0.717, 1.165) is 17.7 Å². The zero-order valence-electron chi connectivity index (χ0n) is 14.0. The van der Waals surface area contributed by atoms with Crippen LogP contribution in [0.15, 0.2) is 30.3 Å². The number of hydrogen-bond donors (Lipinski definition) is 0. The maximum atomic E-state index is 13.0. The van der Waals surface area contributed by atoms with Crippen molar-refractivity contribution in [2.45, 2.75) is 44.7 Å². The van der Waals surface area contributed by atoms with Gasteiger partial charge < -0.3 is 14.4 Å². The molecule has 2 saturated heterocycles. The molecule has 0 aromatic heterocycles. The highest BCUT2D eigenvalue weighted by Gasteiger charge is 2.52. The molecule has 4 atom stereocenters. The Hall–Kier alpha value is -1.04. The van der Waals surface area contributed by atoms with Gasteiger partial charge in [0.25, 0.3) is 5.91 Å². The van der Waals surface area contributed by atoms with Crippen LogP contribution in [-0.4, -0.2) is 47.8 Å². The number of epoxide rings is 1. The van der Waals surface area contributed by atoms with Gasteiger partial charge in [0, 0.05) is 6.42 Å². The fraction of sp³-hybridized carbons (Fsp3) is 0.611. The smallest absolute Gasteiger partial charge is 0.257 e. The molecule has 0 spiro atoms. The molecular weight excluding hydrogens is 310 g/mol. The molecule has 5 heteroatoms. The van der Waals surface area contributed by atoms with Gasteiger partial charge in [-0.15, -0.1) is 0 Å². The average Bonchev–Trinajstić information content (AvgIpc) is 3.25. The molecule has 1 aromatic carbocycles. The Balaban J connectivity index is 1.70. The normalized spacial score (nSPS) is 30.0. The molecule has 2 heterocycles. The predicted octanol–water partition coefficient (Wildman–Crippen LogP) is 3.09. The number of thioether (sulfide) groups is 1. The van der Waals surface area contributed by atoms with Crippen molar-refractivity contribution in [3.8, 4) is 0 Å². The summed E-state index contributed by atoms with van der Waals surface area (Å²) < 4.78 is 11.6. The predicted molar refractivity (Wildman–Crippen MR) is 92.3 cm³/mol. The molecule has 0 radical (unpaired) electrons. The molecule has 0 N–H and O–H groups in total. The Kier molecular flexibility index (Phi) is 5.29. The molecule has 1 amide bonds. The number of carbonyl (C=O) groups excluding carboxylic acids is 1. The fourth-order valence-electron chi connectivity index (χ4n) is 3.19. The first-order valence-electron chi connectivity index (χ1n) is 8.26. The number of benzene rings is 1. The Morgan fingerprint density at radius 2 is 2.09 bits per heavy atom. The van der Waals surface area contributed by atoms with Gasteiger partial charge in [-0.3, -0.25) is 4.79 Å². The highest BCUT2D eigenvalue weighted by molar-refractivity contribution is 7.98. The summed E-state index contributed by atoms with van der Waals surface area (Å²) in [6.07, 6.45) is 2.40. The van der Waals surface area contributed by atoms with E-state index in [1.54, 1.807) is 11.8 Å². The molecule has 3 rings (SSSR count). The lowest BCUT2D eigenvalue weighted by molar-refractivity contribution is -0.139. The monoisotopic (exact) mass is 335 g/mol. The number of hydrogen-bond acceptors (Lipinski definition) is 4. The molecule has 1 aromatic rings. The third-order valence-corrected chi connectivity index (χ3v) is 5.23. The molecule has 0 bridgehead atoms. The van der Waals surface area contributed by atoms with Crippen LogP contribution < -0.4 is 0 Å². The van der Waals surface area contributed by atoms with Crippen LogP contribution in [0.2, 0.25) is 0 Å². The number of ether oxygens (including phenoxy) is 2. The van der Waals surface area contributed by atoms with Crippen LogP contribution in [0.25, 0.3) is 0 Å². The van der Waals surface area contributed by atoms with Gasteiger partial charge in [0.2, 0.25) is 0 Å². The van der Waals surface area contributed by atoms with Gasteiger partial charge in [-0.2, -0.15) is 11.8 Å². The van der Waals surface area contributed by atoms with E-state index in [4.69, 9.17) is 9.47 Å². The molecule has 4 nitrogen and oxygen atoms in total. The molecule has 2 aliphatic rings. The van der Waals surface area contributed by atoms with E-state index >= 15 is 0 Å². The lowest BCUT2D eigenvalue weighted by Gasteiger charge is -2.30. The molecule has 2 aliphatic heterocycles. The summed E-state index contributed by atoms with van der Waals surface area (Å²) >= 11 is 1.78. The minimum Gasteiger partial charge on any atom is -0.356 e. The van der Waals surface area contributed by atoms with Crippen molar-refractivity contribution in [2.75, 3.05) is 18.6 Å². The summed E-state index contributed by atoms with van der Waals surface area (Å²) in [6.45, 7) is 4.92. The fourth-order valence-corrected chi connectivity index (χ4v) is 3.62. The Labute approximate surface area is 142 Å². The number of nitrogens with zero attached hydrogens (tertiary/aromatic N) is 1. The molecule has 0 saturated carbocycles. The Morgan fingerprint density at radius 3 is 2.74 bits per heavy atom. The van der Waals surface area contributed by atoms with Crippen LogP contribution in [0.3, 0.4) is 0 Å². The van der Waals surface area contributed by atoms with E-state index in [1.165, 1.54) is 0 Å². The summed E-state index contributed by atoms with van der Waals surface area (Å²) in [5, 5.41) is 0. The van der Waals surface area contributed by atoms with Gasteiger partial charge in [-0.1, -0.05) is 44.2 Å². The zero-order chi connectivity index (χ0) is 16.4. The largest absolute Gasteiger partial charge is 0.356 e. The van der Waals surface area contributed by atoms with Crippen LogP contribution in [-0.2, 0) is 14.3 Å². The summed E-state index contributed by atoms with van der Waals surface area (Å²) in [4.78, 5) is 14.9. The van der Waals surface area contributed by atoms with E-state index in [0.29, 0.717) is 12.5 Å². The van der Waals surface area contributed by atoms with Gasteiger partial charge in [0.15, 0.2) is 6.10 Å². The standard InChI is InChI=1S/C18H25NO3S/c1-12(2)14-11-21-15(9-10-23-3)19(14)18(20)17-16(22-17)13-7-5-4-6-8-13/h4-8,12,14-17H,9-11H2,1-3H3/t14-,15-,16-,17+/m1/s1. The topological polar surface area (TPSA) is 42.1 Å². The molecule has 2 fully saturated rings.